The minimum Gasteiger partial charge on any atom is -0.331 e. The van der Waals surface area contributed by atoms with E-state index in [4.69, 9.17) is 12.2 Å². The number of nitrogens with one attached hydrogen (secondary N) is 3. The van der Waals surface area contributed by atoms with Gasteiger partial charge in [0.2, 0.25) is 0 Å². The molecule has 0 aliphatic heterocycles. The van der Waals surface area contributed by atoms with Crippen molar-refractivity contribution in [3.63, 3.8) is 0 Å². The summed E-state index contributed by atoms with van der Waals surface area (Å²) in [7, 11) is 0. The van der Waals surface area contributed by atoms with Crippen LogP contribution < -0.4 is 16.2 Å². The third-order valence-corrected chi connectivity index (χ3v) is 4.55. The molecule has 0 fully saturated rings. The lowest BCUT2D eigenvalue weighted by atomic mass is 10.0. The molecule has 0 atom stereocenters. The Morgan fingerprint density at radius 1 is 0.767 bits per heavy atom. The third-order valence-electron chi connectivity index (χ3n) is 4.34. The number of rotatable bonds is 5. The number of hydrogen-bond acceptors (Lipinski definition) is 5. The molecule has 30 heavy (non-hydrogen) atoms. The van der Waals surface area contributed by atoms with E-state index in [9.17, 15) is 0 Å². The zero-order valence-corrected chi connectivity index (χ0v) is 17.1. The van der Waals surface area contributed by atoms with Crippen LogP contribution in [0, 0.1) is 6.92 Å². The normalized spacial score (nSPS) is 10.3. The second-order valence-electron chi connectivity index (χ2n) is 6.64. The Kier molecular flexibility index (Phi) is 5.91. The molecular weight excluding hydrogens is 392 g/mol. The molecule has 0 saturated carbocycles. The summed E-state index contributed by atoms with van der Waals surface area (Å²) in [6.45, 7) is 2.03. The van der Waals surface area contributed by atoms with Crippen LogP contribution in [0.1, 0.15) is 5.56 Å². The fraction of sp³-hybridized carbons (Fsp3) is 0.0435. The maximum Gasteiger partial charge on any atom is 0.262 e. The van der Waals surface area contributed by atoms with Gasteiger partial charge >= 0.3 is 0 Å². The summed E-state index contributed by atoms with van der Waals surface area (Å²) >= 11 is 5.35. The van der Waals surface area contributed by atoms with E-state index in [0.29, 0.717) is 16.8 Å². The first-order valence-electron chi connectivity index (χ1n) is 9.44. The van der Waals surface area contributed by atoms with Gasteiger partial charge in [0.25, 0.3) is 5.95 Å². The Hall–Kier alpha value is -3.84. The number of thiocarbonyl (C=S) groups is 1. The number of hydrogen-bond donors (Lipinski definition) is 3. The number of anilines is 2. The van der Waals surface area contributed by atoms with Crippen LogP contribution in [0.25, 0.3) is 22.5 Å². The number of aromatic nitrogens is 3. The van der Waals surface area contributed by atoms with Crippen LogP contribution in [0.5, 0.6) is 0 Å². The first-order chi connectivity index (χ1) is 14.7. The van der Waals surface area contributed by atoms with Gasteiger partial charge in [-0.1, -0.05) is 72.8 Å². The molecule has 0 amide bonds. The molecule has 3 aromatic carbocycles. The maximum absolute atomic E-state index is 5.35. The summed E-state index contributed by atoms with van der Waals surface area (Å²) in [6.07, 6.45) is 0. The van der Waals surface area contributed by atoms with Crippen molar-refractivity contribution < 1.29 is 0 Å². The van der Waals surface area contributed by atoms with E-state index in [0.717, 1.165) is 28.1 Å². The van der Waals surface area contributed by atoms with Gasteiger partial charge in [-0.25, -0.2) is 4.98 Å². The molecule has 0 aliphatic rings. The highest BCUT2D eigenvalue weighted by Crippen LogP contribution is 2.28. The Morgan fingerprint density at radius 2 is 1.43 bits per heavy atom. The molecule has 0 unspecified atom stereocenters. The molecule has 3 N–H and O–H groups in total. The van der Waals surface area contributed by atoms with E-state index in [2.05, 4.69) is 31.3 Å². The molecule has 0 aliphatic carbocycles. The van der Waals surface area contributed by atoms with Crippen LogP contribution in [0.2, 0.25) is 0 Å². The topological polar surface area (TPSA) is 74.8 Å². The number of aryl methyl sites for hydroxylation is 1. The molecule has 1 aromatic heterocycles. The average molecular weight is 413 g/mol. The van der Waals surface area contributed by atoms with E-state index < -0.39 is 0 Å². The monoisotopic (exact) mass is 412 g/mol. The van der Waals surface area contributed by atoms with Gasteiger partial charge in [0.05, 0.1) is 0 Å². The molecule has 148 valence electrons. The van der Waals surface area contributed by atoms with Crippen molar-refractivity contribution >= 4 is 29.0 Å². The SMILES string of the molecule is Cc1cccc(NC(=S)NNc2nnc(-c3ccccc3)c(-c3ccccc3)n2)c1. The zero-order chi connectivity index (χ0) is 20.8. The lowest BCUT2D eigenvalue weighted by Gasteiger charge is -2.13. The molecular formula is C23H20N6S. The van der Waals surface area contributed by atoms with Gasteiger partial charge in [0.1, 0.15) is 11.4 Å². The fourth-order valence-corrected chi connectivity index (χ4v) is 3.13. The predicted octanol–water partition coefficient (Wildman–Crippen LogP) is 4.83. The Bertz CT molecular complexity index is 1150. The molecule has 4 aromatic rings. The Balaban J connectivity index is 1.55. The van der Waals surface area contributed by atoms with E-state index in [1.807, 2.05) is 91.9 Å². The summed E-state index contributed by atoms with van der Waals surface area (Å²) in [5.74, 6) is 0.321. The largest absolute Gasteiger partial charge is 0.331 e. The van der Waals surface area contributed by atoms with Crippen LogP contribution in [-0.2, 0) is 0 Å². The van der Waals surface area contributed by atoms with E-state index in [-0.39, 0.29) is 0 Å². The minimum atomic E-state index is 0.321. The fourth-order valence-electron chi connectivity index (χ4n) is 2.96. The Morgan fingerprint density at radius 3 is 2.10 bits per heavy atom. The number of benzene rings is 3. The van der Waals surface area contributed by atoms with Crippen molar-refractivity contribution in [3.05, 3.63) is 90.5 Å². The standard InChI is InChI=1S/C23H20N6S/c1-16-9-8-14-19(15-16)24-23(30)29-28-22-25-20(17-10-4-2-5-11-17)21(26-27-22)18-12-6-3-7-13-18/h2-15H,1H3,(H2,24,29,30)(H,25,27,28). The summed E-state index contributed by atoms with van der Waals surface area (Å²) in [4.78, 5) is 4.68. The summed E-state index contributed by atoms with van der Waals surface area (Å²) < 4.78 is 0. The molecule has 4 rings (SSSR count). The van der Waals surface area contributed by atoms with Crippen molar-refractivity contribution in [1.29, 1.82) is 0 Å². The third kappa shape index (κ3) is 4.76. The van der Waals surface area contributed by atoms with Crippen molar-refractivity contribution in [1.82, 2.24) is 20.6 Å². The van der Waals surface area contributed by atoms with Crippen LogP contribution in [0.15, 0.2) is 84.9 Å². The van der Waals surface area contributed by atoms with Gasteiger partial charge in [0.15, 0.2) is 5.11 Å². The smallest absolute Gasteiger partial charge is 0.262 e. The molecule has 6 nitrogen and oxygen atoms in total. The first-order valence-corrected chi connectivity index (χ1v) is 9.85. The quantitative estimate of drug-likeness (QED) is 0.320. The van der Waals surface area contributed by atoms with Crippen LogP contribution in [-0.4, -0.2) is 20.3 Å². The lowest BCUT2D eigenvalue weighted by Crippen LogP contribution is -2.34. The predicted molar refractivity (Wildman–Crippen MR) is 125 cm³/mol. The van der Waals surface area contributed by atoms with Crippen LogP contribution >= 0.6 is 12.2 Å². The maximum atomic E-state index is 5.35. The van der Waals surface area contributed by atoms with Crippen molar-refractivity contribution in [2.45, 2.75) is 6.92 Å². The Labute approximate surface area is 180 Å². The van der Waals surface area contributed by atoms with Crippen molar-refractivity contribution in [2.75, 3.05) is 10.7 Å². The molecule has 0 bridgehead atoms. The average Bonchev–Trinajstić information content (AvgIpc) is 2.79. The molecule has 1 heterocycles. The highest BCUT2D eigenvalue weighted by molar-refractivity contribution is 7.80. The lowest BCUT2D eigenvalue weighted by molar-refractivity contribution is 0.946. The molecule has 0 saturated heterocycles. The summed E-state index contributed by atoms with van der Waals surface area (Å²) in [5.41, 5.74) is 11.2. The van der Waals surface area contributed by atoms with Gasteiger partial charge in [-0.3, -0.25) is 10.9 Å². The van der Waals surface area contributed by atoms with Gasteiger partial charge < -0.3 is 5.32 Å². The van der Waals surface area contributed by atoms with E-state index in [1.165, 1.54) is 0 Å². The van der Waals surface area contributed by atoms with Gasteiger partial charge in [-0.2, -0.15) is 0 Å². The van der Waals surface area contributed by atoms with Crippen LogP contribution in [0.3, 0.4) is 0 Å². The number of nitrogens with zero attached hydrogens (tertiary/aromatic N) is 3. The van der Waals surface area contributed by atoms with Gasteiger partial charge in [0, 0.05) is 16.8 Å². The highest BCUT2D eigenvalue weighted by atomic mass is 32.1. The summed E-state index contributed by atoms with van der Waals surface area (Å²) in [5, 5.41) is 12.2. The number of hydrazine groups is 1. The summed E-state index contributed by atoms with van der Waals surface area (Å²) in [6, 6.07) is 27.7. The van der Waals surface area contributed by atoms with Gasteiger partial charge in [-0.15, -0.1) is 10.2 Å². The zero-order valence-electron chi connectivity index (χ0n) is 16.3. The second-order valence-corrected chi connectivity index (χ2v) is 7.05. The van der Waals surface area contributed by atoms with E-state index in [1.54, 1.807) is 0 Å². The van der Waals surface area contributed by atoms with Crippen LogP contribution in [0.4, 0.5) is 11.6 Å². The van der Waals surface area contributed by atoms with Gasteiger partial charge in [-0.05, 0) is 36.8 Å². The second kappa shape index (κ2) is 9.11. The molecule has 0 spiro atoms. The molecule has 0 radical (unpaired) electrons. The minimum absolute atomic E-state index is 0.321. The highest BCUT2D eigenvalue weighted by Gasteiger charge is 2.13. The first kappa shape index (κ1) is 19.5. The van der Waals surface area contributed by atoms with Crippen molar-refractivity contribution in [3.8, 4) is 22.5 Å². The van der Waals surface area contributed by atoms with Crippen molar-refractivity contribution in [2.24, 2.45) is 0 Å². The van der Waals surface area contributed by atoms with E-state index >= 15 is 0 Å². The molecule has 7 heteroatoms.